The number of carbonyl (C=O) groups excluding carboxylic acids is 1. The summed E-state index contributed by atoms with van der Waals surface area (Å²) in [5, 5.41) is 11.9. The van der Waals surface area contributed by atoms with Crippen LogP contribution in [0, 0.1) is 23.0 Å². The van der Waals surface area contributed by atoms with E-state index >= 15 is 0 Å². The molecule has 1 aliphatic carbocycles. The Morgan fingerprint density at radius 2 is 1.76 bits per heavy atom. The van der Waals surface area contributed by atoms with E-state index in [2.05, 4.69) is 22.4 Å². The molecule has 4 rings (SSSR count). The average molecular weight is 453 g/mol. The minimum absolute atomic E-state index is 0.0707. The molecule has 1 N–H and O–H groups in total. The molecular formula is C26H30F2N4O. The normalized spacial score (nSPS) is 20.9. The van der Waals surface area contributed by atoms with E-state index in [1.807, 2.05) is 23.1 Å². The molecule has 5 nitrogen and oxygen atoms in total. The molecule has 2 amide bonds. The third-order valence-corrected chi connectivity index (χ3v) is 6.86. The van der Waals surface area contributed by atoms with Gasteiger partial charge in [0.1, 0.15) is 11.6 Å². The van der Waals surface area contributed by atoms with Crippen LogP contribution in [0.4, 0.5) is 19.3 Å². The van der Waals surface area contributed by atoms with Gasteiger partial charge in [0.05, 0.1) is 11.6 Å². The third-order valence-electron chi connectivity index (χ3n) is 6.86. The SMILES string of the molecule is N#Cc1cccc([C@H]2CC[C@@H](N(CCN3CCCC3)C(=O)Nc3cc(F)cc(F)c3)CC2)c1. The number of benzene rings is 2. The first-order chi connectivity index (χ1) is 16.0. The number of likely N-dealkylation sites (tertiary alicyclic amines) is 1. The fourth-order valence-electron chi connectivity index (χ4n) is 5.11. The Morgan fingerprint density at radius 3 is 2.42 bits per heavy atom. The summed E-state index contributed by atoms with van der Waals surface area (Å²) in [7, 11) is 0. The number of carbonyl (C=O) groups is 1. The molecule has 2 aliphatic rings. The van der Waals surface area contributed by atoms with Crippen LogP contribution in [0.5, 0.6) is 0 Å². The van der Waals surface area contributed by atoms with Gasteiger partial charge in [0.2, 0.25) is 0 Å². The average Bonchev–Trinajstić information content (AvgIpc) is 3.33. The summed E-state index contributed by atoms with van der Waals surface area (Å²) in [5.41, 5.74) is 1.98. The quantitative estimate of drug-likeness (QED) is 0.630. The minimum Gasteiger partial charge on any atom is -0.320 e. The van der Waals surface area contributed by atoms with E-state index in [0.717, 1.165) is 63.5 Å². The molecule has 1 heterocycles. The van der Waals surface area contributed by atoms with Gasteiger partial charge in [0.15, 0.2) is 0 Å². The molecule has 0 spiro atoms. The number of hydrogen-bond donors (Lipinski definition) is 1. The van der Waals surface area contributed by atoms with Crippen molar-refractivity contribution in [2.24, 2.45) is 0 Å². The maximum Gasteiger partial charge on any atom is 0.322 e. The molecule has 1 saturated heterocycles. The molecular weight excluding hydrogens is 422 g/mol. The second-order valence-corrected chi connectivity index (χ2v) is 9.07. The van der Waals surface area contributed by atoms with Gasteiger partial charge in [0.25, 0.3) is 0 Å². The lowest BCUT2D eigenvalue weighted by atomic mass is 9.81. The van der Waals surface area contributed by atoms with E-state index in [9.17, 15) is 18.8 Å². The molecule has 33 heavy (non-hydrogen) atoms. The second kappa shape index (κ2) is 10.8. The van der Waals surface area contributed by atoms with Crippen molar-refractivity contribution in [1.29, 1.82) is 5.26 Å². The Balaban J connectivity index is 1.43. The van der Waals surface area contributed by atoms with Gasteiger partial charge in [0, 0.05) is 30.9 Å². The second-order valence-electron chi connectivity index (χ2n) is 9.07. The van der Waals surface area contributed by atoms with E-state index in [4.69, 9.17) is 0 Å². The van der Waals surface area contributed by atoms with Crippen molar-refractivity contribution < 1.29 is 13.6 Å². The summed E-state index contributed by atoms with van der Waals surface area (Å²) in [6, 6.07) is 12.8. The number of hydrogen-bond acceptors (Lipinski definition) is 3. The molecule has 174 valence electrons. The molecule has 2 aromatic carbocycles. The van der Waals surface area contributed by atoms with Crippen molar-refractivity contribution in [2.75, 3.05) is 31.5 Å². The van der Waals surface area contributed by atoms with Crippen LogP contribution in [0.3, 0.4) is 0 Å². The summed E-state index contributed by atoms with van der Waals surface area (Å²) < 4.78 is 27.2. The standard InChI is InChI=1S/C26H30F2N4O/c27-22-15-23(28)17-24(16-22)30-26(33)32(13-12-31-10-1-2-11-31)25-8-6-20(7-9-25)21-5-3-4-19(14-21)18-29/h3-5,14-17,20,25H,1-2,6-13H2,(H,30,33)/t20-,25+. The summed E-state index contributed by atoms with van der Waals surface area (Å²) in [5.74, 6) is -1.06. The minimum atomic E-state index is -0.714. The van der Waals surface area contributed by atoms with E-state index in [1.54, 1.807) is 0 Å². The van der Waals surface area contributed by atoms with Crippen LogP contribution >= 0.6 is 0 Å². The van der Waals surface area contributed by atoms with Crippen molar-refractivity contribution in [3.8, 4) is 6.07 Å². The van der Waals surface area contributed by atoms with E-state index in [-0.39, 0.29) is 17.8 Å². The van der Waals surface area contributed by atoms with Crippen LogP contribution in [0.1, 0.15) is 55.6 Å². The molecule has 7 heteroatoms. The largest absolute Gasteiger partial charge is 0.322 e. The Bertz CT molecular complexity index is 987. The smallest absolute Gasteiger partial charge is 0.320 e. The predicted molar refractivity (Wildman–Crippen MR) is 124 cm³/mol. The highest BCUT2D eigenvalue weighted by atomic mass is 19.1. The van der Waals surface area contributed by atoms with Crippen LogP contribution < -0.4 is 5.32 Å². The molecule has 0 radical (unpaired) electrons. The van der Waals surface area contributed by atoms with E-state index < -0.39 is 11.6 Å². The highest BCUT2D eigenvalue weighted by Gasteiger charge is 2.30. The molecule has 1 saturated carbocycles. The Hall–Kier alpha value is -2.98. The lowest BCUT2D eigenvalue weighted by Gasteiger charge is -2.38. The lowest BCUT2D eigenvalue weighted by Crippen LogP contribution is -2.47. The van der Waals surface area contributed by atoms with Gasteiger partial charge < -0.3 is 15.1 Å². The molecule has 0 unspecified atom stereocenters. The van der Waals surface area contributed by atoms with Crippen LogP contribution in [-0.2, 0) is 0 Å². The van der Waals surface area contributed by atoms with Gasteiger partial charge in [-0.25, -0.2) is 13.6 Å². The van der Waals surface area contributed by atoms with Gasteiger partial charge in [-0.2, -0.15) is 5.26 Å². The molecule has 0 aromatic heterocycles. The number of anilines is 1. The fourth-order valence-corrected chi connectivity index (χ4v) is 5.11. The molecule has 2 fully saturated rings. The molecule has 2 aromatic rings. The Kier molecular flexibility index (Phi) is 7.56. The summed E-state index contributed by atoms with van der Waals surface area (Å²) in [6.45, 7) is 3.48. The zero-order valence-electron chi connectivity index (χ0n) is 18.8. The number of rotatable bonds is 6. The topological polar surface area (TPSA) is 59.4 Å². The van der Waals surface area contributed by atoms with Crippen LogP contribution in [0.15, 0.2) is 42.5 Å². The first kappa shape index (κ1) is 23.2. The summed E-state index contributed by atoms with van der Waals surface area (Å²) >= 11 is 0. The molecule has 0 bridgehead atoms. The van der Waals surface area contributed by atoms with Crippen molar-refractivity contribution in [3.63, 3.8) is 0 Å². The maximum absolute atomic E-state index is 13.6. The zero-order valence-corrected chi connectivity index (χ0v) is 18.8. The van der Waals surface area contributed by atoms with Crippen molar-refractivity contribution >= 4 is 11.7 Å². The zero-order chi connectivity index (χ0) is 23.2. The van der Waals surface area contributed by atoms with Gasteiger partial charge >= 0.3 is 6.03 Å². The highest BCUT2D eigenvalue weighted by molar-refractivity contribution is 5.89. The highest BCUT2D eigenvalue weighted by Crippen LogP contribution is 2.35. The Labute approximate surface area is 194 Å². The number of urea groups is 1. The lowest BCUT2D eigenvalue weighted by molar-refractivity contribution is 0.151. The van der Waals surface area contributed by atoms with Gasteiger partial charge in [-0.15, -0.1) is 0 Å². The fraction of sp³-hybridized carbons (Fsp3) is 0.462. The maximum atomic E-state index is 13.6. The number of amides is 2. The number of nitrogens with zero attached hydrogens (tertiary/aromatic N) is 3. The Morgan fingerprint density at radius 1 is 1.06 bits per heavy atom. The monoisotopic (exact) mass is 452 g/mol. The predicted octanol–water partition coefficient (Wildman–Crippen LogP) is 5.49. The van der Waals surface area contributed by atoms with E-state index in [1.165, 1.54) is 18.4 Å². The molecule has 1 aliphatic heterocycles. The third kappa shape index (κ3) is 6.08. The van der Waals surface area contributed by atoms with Crippen molar-refractivity contribution in [1.82, 2.24) is 9.80 Å². The van der Waals surface area contributed by atoms with Gasteiger partial charge in [-0.05, 0) is 87.4 Å². The summed E-state index contributed by atoms with van der Waals surface area (Å²) in [4.78, 5) is 17.4. The van der Waals surface area contributed by atoms with Crippen LogP contribution in [-0.4, -0.2) is 48.1 Å². The van der Waals surface area contributed by atoms with E-state index in [0.29, 0.717) is 18.0 Å². The summed E-state index contributed by atoms with van der Waals surface area (Å²) in [6.07, 6.45) is 5.94. The number of nitrogens with one attached hydrogen (secondary N) is 1. The number of halogens is 2. The molecule has 0 atom stereocenters. The van der Waals surface area contributed by atoms with Gasteiger partial charge in [-0.1, -0.05) is 12.1 Å². The first-order valence-corrected chi connectivity index (χ1v) is 11.8. The van der Waals surface area contributed by atoms with Crippen LogP contribution in [0.2, 0.25) is 0 Å². The van der Waals surface area contributed by atoms with Crippen LogP contribution in [0.25, 0.3) is 0 Å². The first-order valence-electron chi connectivity index (χ1n) is 11.8. The van der Waals surface area contributed by atoms with Crippen molar-refractivity contribution in [2.45, 2.75) is 50.5 Å². The number of nitriles is 1. The van der Waals surface area contributed by atoms with Crippen molar-refractivity contribution in [3.05, 3.63) is 65.2 Å². The van der Waals surface area contributed by atoms with Gasteiger partial charge in [-0.3, -0.25) is 0 Å².